The van der Waals surface area contributed by atoms with Crippen LogP contribution in [0.3, 0.4) is 0 Å². The van der Waals surface area contributed by atoms with Gasteiger partial charge in [0, 0.05) is 45.3 Å². The second-order valence-electron chi connectivity index (χ2n) is 11.4. The standard InChI is InChI=1S/C28H39N7O4S/c1-19-24(25(26(29)36)31-28(30-19)34-13-10-23(11-14-34)32-40(2,38)39)27(37)35-17-21-15-33(16-22(21)18-35)12-6-9-20-7-4-3-5-8-20/h3-5,7-8,21-23,32H,6,9-18H2,1-2H3,(H2,29,36)/t21-,22?/m0/s1. The van der Waals surface area contributed by atoms with Gasteiger partial charge in [0.1, 0.15) is 5.69 Å². The van der Waals surface area contributed by atoms with Crippen molar-refractivity contribution in [1.82, 2.24) is 24.5 Å². The molecule has 2 amide bonds. The molecule has 0 aliphatic carbocycles. The van der Waals surface area contributed by atoms with E-state index in [9.17, 15) is 18.0 Å². The number of carbonyl (C=O) groups excluding carboxylic acids is 2. The molecule has 1 aromatic carbocycles. The minimum atomic E-state index is -3.28. The lowest BCUT2D eigenvalue weighted by Gasteiger charge is -2.32. The molecule has 40 heavy (non-hydrogen) atoms. The van der Waals surface area contributed by atoms with Crippen molar-refractivity contribution in [2.45, 2.75) is 38.6 Å². The first-order chi connectivity index (χ1) is 19.1. The van der Waals surface area contributed by atoms with Crippen molar-refractivity contribution >= 4 is 27.8 Å². The van der Waals surface area contributed by atoms with Gasteiger partial charge in [-0.2, -0.15) is 0 Å². The predicted molar refractivity (Wildman–Crippen MR) is 153 cm³/mol. The van der Waals surface area contributed by atoms with Crippen molar-refractivity contribution in [3.63, 3.8) is 0 Å². The van der Waals surface area contributed by atoms with Crippen LogP contribution in [-0.4, -0.2) is 98.1 Å². The Morgan fingerprint density at radius 2 is 1.68 bits per heavy atom. The summed E-state index contributed by atoms with van der Waals surface area (Å²) in [6.45, 7) is 7.07. The Morgan fingerprint density at radius 3 is 2.27 bits per heavy atom. The number of benzene rings is 1. The third kappa shape index (κ3) is 6.61. The summed E-state index contributed by atoms with van der Waals surface area (Å²) in [4.78, 5) is 41.3. The minimum absolute atomic E-state index is 0.0523. The molecule has 2 aromatic rings. The quantitative estimate of drug-likeness (QED) is 0.456. The van der Waals surface area contributed by atoms with Crippen LogP contribution < -0.4 is 15.4 Å². The number of anilines is 1. The lowest BCUT2D eigenvalue weighted by Crippen LogP contribution is -2.45. The number of aryl methyl sites for hydroxylation is 2. The number of fused-ring (bicyclic) bond motifs is 1. The number of amides is 2. The molecule has 3 aliphatic heterocycles. The molecule has 3 saturated heterocycles. The number of carbonyl (C=O) groups is 2. The SMILES string of the molecule is Cc1nc(N2CCC(NS(C)(=O)=O)CC2)nc(C(N)=O)c1C(=O)N1CC2CN(CCCc3ccccc3)C[C@H]2C1. The average Bonchev–Trinajstić information content (AvgIpc) is 3.47. The summed E-state index contributed by atoms with van der Waals surface area (Å²) in [6, 6.07) is 10.4. The Morgan fingerprint density at radius 1 is 1.02 bits per heavy atom. The molecule has 11 nitrogen and oxygen atoms in total. The van der Waals surface area contributed by atoms with Crippen LogP contribution in [0.15, 0.2) is 30.3 Å². The fourth-order valence-electron chi connectivity index (χ4n) is 6.38. The molecule has 0 saturated carbocycles. The molecule has 12 heteroatoms. The predicted octanol–water partition coefficient (Wildman–Crippen LogP) is 1.04. The lowest BCUT2D eigenvalue weighted by atomic mass is 10.0. The Balaban J connectivity index is 1.19. The molecular formula is C28H39N7O4S. The third-order valence-corrected chi connectivity index (χ3v) is 9.08. The molecule has 5 rings (SSSR count). The van der Waals surface area contributed by atoms with Crippen LogP contribution in [0.25, 0.3) is 0 Å². The van der Waals surface area contributed by atoms with E-state index in [1.807, 2.05) is 15.9 Å². The van der Waals surface area contributed by atoms with Crippen LogP contribution in [0.1, 0.15) is 51.4 Å². The Kier molecular flexibility index (Phi) is 8.39. The van der Waals surface area contributed by atoms with Gasteiger partial charge in [0.05, 0.1) is 17.5 Å². The fourth-order valence-corrected chi connectivity index (χ4v) is 7.22. The lowest BCUT2D eigenvalue weighted by molar-refractivity contribution is 0.0766. The van der Waals surface area contributed by atoms with Gasteiger partial charge in [-0.3, -0.25) is 9.59 Å². The molecule has 0 spiro atoms. The number of sulfonamides is 1. The number of aromatic nitrogens is 2. The zero-order chi connectivity index (χ0) is 28.4. The molecule has 1 unspecified atom stereocenters. The summed E-state index contributed by atoms with van der Waals surface area (Å²) in [6.07, 6.45) is 4.50. The number of likely N-dealkylation sites (tertiary alicyclic amines) is 2. The van der Waals surface area contributed by atoms with Crippen molar-refractivity contribution in [2.24, 2.45) is 17.6 Å². The monoisotopic (exact) mass is 569 g/mol. The highest BCUT2D eigenvalue weighted by Crippen LogP contribution is 2.33. The summed E-state index contributed by atoms with van der Waals surface area (Å²) >= 11 is 0. The van der Waals surface area contributed by atoms with Gasteiger partial charge in [0.2, 0.25) is 16.0 Å². The second kappa shape index (κ2) is 11.8. The summed E-state index contributed by atoms with van der Waals surface area (Å²) < 4.78 is 25.8. The highest BCUT2D eigenvalue weighted by atomic mass is 32.2. The maximum atomic E-state index is 13.6. The number of nitrogens with one attached hydrogen (secondary N) is 1. The number of piperidine rings is 1. The molecule has 2 atom stereocenters. The zero-order valence-corrected chi connectivity index (χ0v) is 24.1. The van der Waals surface area contributed by atoms with E-state index >= 15 is 0 Å². The molecule has 3 aliphatic rings. The first kappa shape index (κ1) is 28.4. The van der Waals surface area contributed by atoms with Gasteiger partial charge in [-0.25, -0.2) is 23.1 Å². The average molecular weight is 570 g/mol. The maximum Gasteiger partial charge on any atom is 0.268 e. The van der Waals surface area contributed by atoms with E-state index in [1.54, 1.807) is 6.92 Å². The summed E-state index contributed by atoms with van der Waals surface area (Å²) in [5, 5.41) is 0. The van der Waals surface area contributed by atoms with Crippen molar-refractivity contribution < 1.29 is 18.0 Å². The number of primary amides is 1. The van der Waals surface area contributed by atoms with Gasteiger partial charge in [-0.15, -0.1) is 0 Å². The molecule has 3 fully saturated rings. The van der Waals surface area contributed by atoms with E-state index in [2.05, 4.69) is 43.9 Å². The van der Waals surface area contributed by atoms with Crippen molar-refractivity contribution in [2.75, 3.05) is 57.0 Å². The third-order valence-electron chi connectivity index (χ3n) is 8.32. The van der Waals surface area contributed by atoms with E-state index in [1.165, 1.54) is 5.56 Å². The molecule has 4 heterocycles. The smallest absolute Gasteiger partial charge is 0.268 e. The van der Waals surface area contributed by atoms with Crippen LogP contribution in [-0.2, 0) is 16.4 Å². The van der Waals surface area contributed by atoms with Gasteiger partial charge in [-0.05, 0) is 56.6 Å². The van der Waals surface area contributed by atoms with Gasteiger partial charge < -0.3 is 20.4 Å². The summed E-state index contributed by atoms with van der Waals surface area (Å²) in [7, 11) is -3.28. The van der Waals surface area contributed by atoms with E-state index in [4.69, 9.17) is 5.73 Å². The highest BCUT2D eigenvalue weighted by molar-refractivity contribution is 7.88. The normalized spacial score (nSPS) is 22.1. The first-order valence-corrected chi connectivity index (χ1v) is 15.9. The molecule has 1 aromatic heterocycles. The fraction of sp³-hybridized carbons (Fsp3) is 0.571. The maximum absolute atomic E-state index is 13.6. The number of rotatable bonds is 9. The Hall–Kier alpha value is -3.09. The van der Waals surface area contributed by atoms with Gasteiger partial charge in [0.15, 0.2) is 0 Å². The van der Waals surface area contributed by atoms with Crippen LogP contribution in [0.4, 0.5) is 5.95 Å². The largest absolute Gasteiger partial charge is 0.364 e. The second-order valence-corrected chi connectivity index (χ2v) is 13.2. The van der Waals surface area contributed by atoms with Crippen LogP contribution in [0, 0.1) is 18.8 Å². The summed E-state index contributed by atoms with van der Waals surface area (Å²) in [5.41, 5.74) is 7.63. The van der Waals surface area contributed by atoms with Crippen LogP contribution in [0.2, 0.25) is 0 Å². The van der Waals surface area contributed by atoms with E-state index < -0.39 is 15.9 Å². The van der Waals surface area contributed by atoms with Crippen LogP contribution in [0.5, 0.6) is 0 Å². The van der Waals surface area contributed by atoms with Gasteiger partial charge >= 0.3 is 0 Å². The Bertz CT molecular complexity index is 1330. The number of nitrogens with two attached hydrogens (primary N) is 1. The zero-order valence-electron chi connectivity index (χ0n) is 23.3. The van der Waals surface area contributed by atoms with Crippen molar-refractivity contribution in [3.05, 3.63) is 52.8 Å². The first-order valence-electron chi connectivity index (χ1n) is 14.0. The van der Waals surface area contributed by atoms with Gasteiger partial charge in [0.25, 0.3) is 11.8 Å². The highest BCUT2D eigenvalue weighted by Gasteiger charge is 2.42. The van der Waals surface area contributed by atoms with E-state index in [0.29, 0.717) is 62.5 Å². The summed E-state index contributed by atoms with van der Waals surface area (Å²) in [5.74, 6) is 0.178. The van der Waals surface area contributed by atoms with Crippen LogP contribution >= 0.6 is 0 Å². The molecule has 216 valence electrons. The van der Waals surface area contributed by atoms with Gasteiger partial charge in [-0.1, -0.05) is 30.3 Å². The molecule has 0 radical (unpaired) electrons. The molecular weight excluding hydrogens is 530 g/mol. The minimum Gasteiger partial charge on any atom is -0.364 e. The van der Waals surface area contributed by atoms with Crippen molar-refractivity contribution in [1.29, 1.82) is 0 Å². The van der Waals surface area contributed by atoms with Crippen molar-refractivity contribution in [3.8, 4) is 0 Å². The Labute approximate surface area is 236 Å². The number of nitrogens with zero attached hydrogens (tertiary/aromatic N) is 5. The topological polar surface area (TPSA) is 142 Å². The molecule has 0 bridgehead atoms. The number of hydrogen-bond acceptors (Lipinski definition) is 8. The molecule has 3 N–H and O–H groups in total. The van der Waals surface area contributed by atoms with E-state index in [0.717, 1.165) is 38.7 Å². The number of hydrogen-bond donors (Lipinski definition) is 2. The van der Waals surface area contributed by atoms with E-state index in [-0.39, 0.29) is 23.2 Å².